The average molecular weight is 125 g/mol. The molecule has 1 aliphatic heterocycles. The zero-order valence-electron chi connectivity index (χ0n) is 4.86. The normalized spacial score (nSPS) is 16.7. The fraction of sp³-hybridized carbons (Fsp3) is 0.167. The molecule has 0 aromatic carbocycles. The average Bonchev–Trinajstić information content (AvgIpc) is 2.13. The molecule has 0 aliphatic carbocycles. The van der Waals surface area contributed by atoms with Crippen LogP contribution in [0.25, 0.3) is 0 Å². The first-order valence-corrected chi connectivity index (χ1v) is 2.61. The van der Waals surface area contributed by atoms with Crippen LogP contribution in [-0.4, -0.2) is 17.9 Å². The van der Waals surface area contributed by atoms with E-state index in [1.165, 1.54) is 11.2 Å². The molecule has 0 aromatic heterocycles. The summed E-state index contributed by atoms with van der Waals surface area (Å²) in [6.45, 7) is 0.529. The maximum Gasteiger partial charge on any atom is 0.217 e. The van der Waals surface area contributed by atoms with Gasteiger partial charge in [-0.1, -0.05) is 0 Å². The first-order chi connectivity index (χ1) is 4.43. The summed E-state index contributed by atoms with van der Waals surface area (Å²) in [5.74, 6) is 0. The molecule has 0 saturated heterocycles. The summed E-state index contributed by atoms with van der Waals surface area (Å²) in [6.07, 6.45) is 7.15. The number of hydrogen-bond acceptors (Lipinski definition) is 2. The predicted molar refractivity (Wildman–Crippen MR) is 32.1 cm³/mol. The van der Waals surface area contributed by atoms with Gasteiger partial charge >= 0.3 is 0 Å². The molecule has 0 spiro atoms. The van der Waals surface area contributed by atoms with E-state index in [4.69, 9.17) is 4.74 Å². The van der Waals surface area contributed by atoms with Crippen LogP contribution in [0.5, 0.6) is 0 Å². The summed E-state index contributed by atoms with van der Waals surface area (Å²) in [5, 5.41) is 0. The third kappa shape index (κ3) is 1.60. The lowest BCUT2D eigenvalue weighted by Gasteiger charge is -1.99. The zero-order chi connectivity index (χ0) is 6.53. The molecule has 9 heavy (non-hydrogen) atoms. The number of amides is 1. The highest BCUT2D eigenvalue weighted by Gasteiger charge is 1.90. The largest absolute Gasteiger partial charge is 0.496 e. The molecular formula is C6H7NO2. The molecule has 1 aliphatic rings. The minimum Gasteiger partial charge on any atom is -0.496 e. The van der Waals surface area contributed by atoms with Crippen LogP contribution in [0.1, 0.15) is 0 Å². The quantitative estimate of drug-likeness (QED) is 0.476. The Morgan fingerprint density at radius 3 is 3.22 bits per heavy atom. The molecule has 0 N–H and O–H groups in total. The van der Waals surface area contributed by atoms with Crippen molar-refractivity contribution in [1.82, 2.24) is 4.90 Å². The number of ether oxygens (including phenoxy) is 1. The Morgan fingerprint density at radius 1 is 1.56 bits per heavy atom. The van der Waals surface area contributed by atoms with Crippen LogP contribution in [0.4, 0.5) is 0 Å². The van der Waals surface area contributed by atoms with Crippen LogP contribution in [-0.2, 0) is 9.53 Å². The van der Waals surface area contributed by atoms with Gasteiger partial charge < -0.3 is 4.74 Å². The minimum atomic E-state index is 0.529. The Morgan fingerprint density at radius 2 is 2.44 bits per heavy atom. The van der Waals surface area contributed by atoms with E-state index in [0.29, 0.717) is 13.0 Å². The lowest BCUT2D eigenvalue weighted by molar-refractivity contribution is -0.114. The fourth-order valence-electron chi connectivity index (χ4n) is 0.509. The van der Waals surface area contributed by atoms with E-state index in [0.717, 1.165) is 0 Å². The molecule has 3 heteroatoms. The van der Waals surface area contributed by atoms with Crippen LogP contribution in [0.15, 0.2) is 24.7 Å². The highest BCUT2D eigenvalue weighted by molar-refractivity contribution is 5.50. The van der Waals surface area contributed by atoms with Gasteiger partial charge in [0.25, 0.3) is 0 Å². The van der Waals surface area contributed by atoms with Gasteiger partial charge in [-0.2, -0.15) is 0 Å². The molecule has 48 valence electrons. The minimum absolute atomic E-state index is 0.529. The first-order valence-electron chi connectivity index (χ1n) is 2.61. The third-order valence-electron chi connectivity index (χ3n) is 0.921. The van der Waals surface area contributed by atoms with Crippen molar-refractivity contribution in [3.63, 3.8) is 0 Å². The van der Waals surface area contributed by atoms with Gasteiger partial charge in [-0.15, -0.1) is 0 Å². The van der Waals surface area contributed by atoms with E-state index in [2.05, 4.69) is 0 Å². The molecule has 0 aromatic rings. The van der Waals surface area contributed by atoms with Gasteiger partial charge in [-0.05, 0) is 6.08 Å². The van der Waals surface area contributed by atoms with Gasteiger partial charge in [0.1, 0.15) is 12.9 Å². The van der Waals surface area contributed by atoms with Crippen molar-refractivity contribution < 1.29 is 9.53 Å². The van der Waals surface area contributed by atoms with Crippen molar-refractivity contribution in [1.29, 1.82) is 0 Å². The van der Waals surface area contributed by atoms with E-state index in [1.807, 2.05) is 0 Å². The van der Waals surface area contributed by atoms with Crippen LogP contribution in [0.3, 0.4) is 0 Å². The van der Waals surface area contributed by atoms with Crippen LogP contribution in [0.2, 0.25) is 0 Å². The fourth-order valence-corrected chi connectivity index (χ4v) is 0.509. The summed E-state index contributed by atoms with van der Waals surface area (Å²) in [5.41, 5.74) is 0. The smallest absolute Gasteiger partial charge is 0.217 e. The molecule has 0 atom stereocenters. The number of hydrogen-bond donors (Lipinski definition) is 0. The molecular weight excluding hydrogens is 118 g/mol. The Labute approximate surface area is 53.2 Å². The van der Waals surface area contributed by atoms with Crippen molar-refractivity contribution in [3.05, 3.63) is 24.7 Å². The molecule has 1 heterocycles. The predicted octanol–water partition coefficient (Wildman–Crippen LogP) is 0.460. The summed E-state index contributed by atoms with van der Waals surface area (Å²) >= 11 is 0. The maximum atomic E-state index is 10.1. The van der Waals surface area contributed by atoms with Crippen LogP contribution in [0, 0.1) is 0 Å². The number of carbonyl (C=O) groups excluding carboxylic acids is 1. The molecule has 0 radical (unpaired) electrons. The molecule has 3 nitrogen and oxygen atoms in total. The van der Waals surface area contributed by atoms with E-state index in [1.54, 1.807) is 18.5 Å². The summed E-state index contributed by atoms with van der Waals surface area (Å²) in [6, 6.07) is 0. The summed E-state index contributed by atoms with van der Waals surface area (Å²) < 4.78 is 4.86. The van der Waals surface area contributed by atoms with E-state index < -0.39 is 0 Å². The molecule has 0 bridgehead atoms. The van der Waals surface area contributed by atoms with E-state index in [-0.39, 0.29) is 0 Å². The second-order valence-corrected chi connectivity index (χ2v) is 1.56. The Balaban J connectivity index is 2.58. The highest BCUT2D eigenvalue weighted by atomic mass is 16.5. The molecule has 1 rings (SSSR count). The van der Waals surface area contributed by atoms with Crippen molar-refractivity contribution in [2.24, 2.45) is 0 Å². The van der Waals surface area contributed by atoms with Gasteiger partial charge in [0.05, 0.1) is 0 Å². The Bertz CT molecular complexity index is 137. The number of rotatable bonds is 1. The topological polar surface area (TPSA) is 29.5 Å². The van der Waals surface area contributed by atoms with Crippen molar-refractivity contribution in [2.75, 3.05) is 6.61 Å². The molecule has 0 saturated carbocycles. The molecule has 1 amide bonds. The first kappa shape index (κ1) is 5.88. The van der Waals surface area contributed by atoms with Gasteiger partial charge in [-0.25, -0.2) is 0 Å². The number of nitrogens with zero attached hydrogens (tertiary/aromatic N) is 1. The number of carbonyl (C=O) groups is 1. The SMILES string of the molecule is O=CN1C=CCOC=C1. The van der Waals surface area contributed by atoms with E-state index in [9.17, 15) is 4.79 Å². The lowest BCUT2D eigenvalue weighted by Crippen LogP contribution is -2.03. The lowest BCUT2D eigenvalue weighted by atomic mass is 10.6. The van der Waals surface area contributed by atoms with Crippen molar-refractivity contribution in [2.45, 2.75) is 0 Å². The third-order valence-corrected chi connectivity index (χ3v) is 0.921. The highest BCUT2D eigenvalue weighted by Crippen LogP contribution is 1.93. The second kappa shape index (κ2) is 2.91. The molecule has 0 unspecified atom stereocenters. The zero-order valence-corrected chi connectivity index (χ0v) is 4.86. The summed E-state index contributed by atoms with van der Waals surface area (Å²) in [4.78, 5) is 11.5. The standard InChI is InChI=1S/C6H7NO2/c8-6-7-2-1-4-9-5-3-7/h1-3,5-6H,4H2. The maximum absolute atomic E-state index is 10.1. The van der Waals surface area contributed by atoms with Crippen molar-refractivity contribution >= 4 is 6.41 Å². The molecule has 0 fully saturated rings. The van der Waals surface area contributed by atoms with Crippen LogP contribution >= 0.6 is 0 Å². The van der Waals surface area contributed by atoms with Crippen molar-refractivity contribution in [3.8, 4) is 0 Å². The van der Waals surface area contributed by atoms with Crippen LogP contribution < -0.4 is 0 Å². The Hall–Kier alpha value is -1.25. The monoisotopic (exact) mass is 125 g/mol. The van der Waals surface area contributed by atoms with E-state index >= 15 is 0 Å². The van der Waals surface area contributed by atoms with Gasteiger partial charge in [0.2, 0.25) is 6.41 Å². The summed E-state index contributed by atoms with van der Waals surface area (Å²) in [7, 11) is 0. The van der Waals surface area contributed by atoms with Gasteiger partial charge in [-0.3, -0.25) is 9.69 Å². The van der Waals surface area contributed by atoms with Gasteiger partial charge in [0, 0.05) is 12.4 Å². The Kier molecular flexibility index (Phi) is 1.90. The second-order valence-electron chi connectivity index (χ2n) is 1.56. The van der Waals surface area contributed by atoms with Gasteiger partial charge in [0.15, 0.2) is 0 Å².